The SMILES string of the molecule is C=CCOC(=O)NC[C@H](CC1=C(C(=O)O)N2C(=O)[C@@H]([C@@H](CO[SiH](C)C)C(C)(C)C)[C@H]2C1)NC(=O)OCC=C. The van der Waals surface area contributed by atoms with E-state index in [2.05, 4.69) is 57.7 Å². The van der Waals surface area contributed by atoms with Crippen LogP contribution in [0.4, 0.5) is 9.59 Å². The topological polar surface area (TPSA) is 144 Å². The summed E-state index contributed by atoms with van der Waals surface area (Å²) in [4.78, 5) is 51.2. The molecule has 2 heterocycles. The maximum atomic E-state index is 13.3. The molecule has 3 N–H and O–H groups in total. The van der Waals surface area contributed by atoms with Gasteiger partial charge in [0, 0.05) is 13.2 Å². The molecule has 0 aliphatic carbocycles. The molecular formula is C26H41N3O8Si. The number of amides is 3. The maximum absolute atomic E-state index is 13.3. The van der Waals surface area contributed by atoms with Gasteiger partial charge in [-0.2, -0.15) is 0 Å². The molecule has 0 saturated carbocycles. The van der Waals surface area contributed by atoms with Gasteiger partial charge >= 0.3 is 18.2 Å². The van der Waals surface area contributed by atoms with Gasteiger partial charge in [0.15, 0.2) is 9.04 Å². The number of alkyl carbamates (subject to hydrolysis) is 2. The van der Waals surface area contributed by atoms with Crippen molar-refractivity contribution >= 4 is 33.1 Å². The molecule has 0 spiro atoms. The molecule has 2 rings (SSSR count). The van der Waals surface area contributed by atoms with Crippen molar-refractivity contribution in [1.82, 2.24) is 15.5 Å². The lowest BCUT2D eigenvalue weighted by atomic mass is 9.66. The first kappa shape index (κ1) is 31.1. The van der Waals surface area contributed by atoms with Crippen LogP contribution in [-0.2, 0) is 23.5 Å². The average Bonchev–Trinajstić information content (AvgIpc) is 3.16. The lowest BCUT2D eigenvalue weighted by Gasteiger charge is -2.50. The van der Waals surface area contributed by atoms with Crippen LogP contribution in [0, 0.1) is 17.3 Å². The van der Waals surface area contributed by atoms with Crippen LogP contribution in [0.1, 0.15) is 33.6 Å². The van der Waals surface area contributed by atoms with Crippen LogP contribution in [0.2, 0.25) is 13.1 Å². The number of rotatable bonds is 14. The predicted octanol–water partition coefficient (Wildman–Crippen LogP) is 2.80. The third-order valence-electron chi connectivity index (χ3n) is 6.63. The number of carbonyl (C=O) groups excluding carboxylic acids is 3. The van der Waals surface area contributed by atoms with Crippen molar-refractivity contribution in [3.63, 3.8) is 0 Å². The third-order valence-corrected chi connectivity index (χ3v) is 7.49. The van der Waals surface area contributed by atoms with Gasteiger partial charge in [0.1, 0.15) is 18.9 Å². The van der Waals surface area contributed by atoms with Crippen LogP contribution in [0.15, 0.2) is 36.6 Å². The van der Waals surface area contributed by atoms with E-state index in [1.54, 1.807) is 0 Å². The van der Waals surface area contributed by atoms with Gasteiger partial charge < -0.3 is 34.5 Å². The van der Waals surface area contributed by atoms with Crippen LogP contribution >= 0.6 is 0 Å². The minimum Gasteiger partial charge on any atom is -0.477 e. The summed E-state index contributed by atoms with van der Waals surface area (Å²) in [6.45, 7) is 17.7. The molecule has 2 aliphatic heterocycles. The molecule has 0 aromatic rings. The van der Waals surface area contributed by atoms with E-state index in [0.29, 0.717) is 18.6 Å². The molecule has 0 unspecified atom stereocenters. The highest BCUT2D eigenvalue weighted by molar-refractivity contribution is 6.48. The first-order valence-corrected chi connectivity index (χ1v) is 15.6. The number of hydrogen-bond donors (Lipinski definition) is 3. The summed E-state index contributed by atoms with van der Waals surface area (Å²) in [6, 6.07) is -1.02. The lowest BCUT2D eigenvalue weighted by Crippen LogP contribution is -2.63. The zero-order valence-electron chi connectivity index (χ0n) is 23.0. The van der Waals surface area contributed by atoms with E-state index in [9.17, 15) is 24.3 Å². The van der Waals surface area contributed by atoms with Gasteiger partial charge in [-0.3, -0.25) is 4.79 Å². The number of nitrogens with zero attached hydrogens (tertiary/aromatic N) is 1. The summed E-state index contributed by atoms with van der Waals surface area (Å²) in [7, 11) is -1.32. The Bertz CT molecular complexity index is 959. The molecular weight excluding hydrogens is 510 g/mol. The molecule has 3 amide bonds. The number of nitrogens with one attached hydrogen (secondary N) is 2. The Hall–Kier alpha value is -3.12. The summed E-state index contributed by atoms with van der Waals surface area (Å²) in [5.41, 5.74) is 0.223. The number of carboxylic acid groups (broad SMARTS) is 1. The van der Waals surface area contributed by atoms with Crippen molar-refractivity contribution < 1.29 is 38.2 Å². The van der Waals surface area contributed by atoms with Crippen LogP contribution in [-0.4, -0.2) is 81.6 Å². The molecule has 0 aromatic carbocycles. The fourth-order valence-electron chi connectivity index (χ4n) is 4.85. The van der Waals surface area contributed by atoms with Gasteiger partial charge in [0.05, 0.1) is 18.0 Å². The Kier molecular flexibility index (Phi) is 11.1. The zero-order chi connectivity index (χ0) is 28.6. The fraction of sp³-hybridized carbons (Fsp3) is 0.615. The van der Waals surface area contributed by atoms with Crippen molar-refractivity contribution in [3.05, 3.63) is 36.6 Å². The van der Waals surface area contributed by atoms with Gasteiger partial charge in [-0.15, -0.1) is 0 Å². The van der Waals surface area contributed by atoms with Crippen molar-refractivity contribution in [1.29, 1.82) is 0 Å². The Morgan fingerprint density at radius 1 is 1.16 bits per heavy atom. The molecule has 0 bridgehead atoms. The molecule has 12 heteroatoms. The number of ether oxygens (including phenoxy) is 2. The van der Waals surface area contributed by atoms with Crippen LogP contribution in [0.25, 0.3) is 0 Å². The predicted molar refractivity (Wildman–Crippen MR) is 144 cm³/mol. The average molecular weight is 552 g/mol. The molecule has 38 heavy (non-hydrogen) atoms. The number of hydrogen-bond acceptors (Lipinski definition) is 7. The van der Waals surface area contributed by atoms with Crippen LogP contribution < -0.4 is 10.6 Å². The highest BCUT2D eigenvalue weighted by Gasteiger charge is 2.59. The van der Waals surface area contributed by atoms with Gasteiger partial charge in [-0.25, -0.2) is 14.4 Å². The van der Waals surface area contributed by atoms with E-state index in [1.807, 2.05) is 0 Å². The number of aliphatic carboxylic acids is 1. The normalized spacial score (nSPS) is 20.3. The second kappa shape index (κ2) is 13.6. The standard InChI is InChI=1S/C26H41N3O8Si/c1-8-10-35-24(33)27-14-17(28-25(34)36-11-9-2)12-16-13-19-20(22(30)29(19)21(16)23(31)32)18(26(3,4)5)15-37-38(6)7/h8-9,17-20,38H,1-2,10-15H2,3-7H3,(H,27,33)(H,28,34)(H,31,32)/t17-,18+,19+,20-/m0/s1. The Balaban J connectivity index is 2.25. The van der Waals surface area contributed by atoms with Crippen LogP contribution in [0.3, 0.4) is 0 Å². The van der Waals surface area contributed by atoms with E-state index >= 15 is 0 Å². The summed E-state index contributed by atoms with van der Waals surface area (Å²) in [5, 5.41) is 15.2. The van der Waals surface area contributed by atoms with Crippen LogP contribution in [0.5, 0.6) is 0 Å². The fourth-order valence-corrected chi connectivity index (χ4v) is 5.44. The first-order chi connectivity index (χ1) is 17.8. The van der Waals surface area contributed by atoms with E-state index in [0.717, 1.165) is 0 Å². The zero-order valence-corrected chi connectivity index (χ0v) is 24.1. The molecule has 11 nitrogen and oxygen atoms in total. The number of β-lactam (4-membered cyclic amide) rings is 1. The number of carbonyl (C=O) groups is 4. The van der Waals surface area contributed by atoms with E-state index in [4.69, 9.17) is 13.9 Å². The minimum atomic E-state index is -1.32. The lowest BCUT2D eigenvalue weighted by molar-refractivity contribution is -0.162. The molecule has 0 aromatic heterocycles. The summed E-state index contributed by atoms with van der Waals surface area (Å²) in [5.74, 6) is -1.88. The number of carboxylic acids is 1. The van der Waals surface area contributed by atoms with Gasteiger partial charge in [-0.1, -0.05) is 46.1 Å². The first-order valence-electron chi connectivity index (χ1n) is 12.8. The summed E-state index contributed by atoms with van der Waals surface area (Å²) in [6.07, 6.45) is 1.82. The van der Waals surface area contributed by atoms with Gasteiger partial charge in [0.2, 0.25) is 5.91 Å². The minimum absolute atomic E-state index is 0.0116. The highest BCUT2D eigenvalue weighted by atomic mass is 28.3. The molecule has 1 saturated heterocycles. The summed E-state index contributed by atoms with van der Waals surface area (Å²) < 4.78 is 15.9. The molecule has 1 fully saturated rings. The Morgan fingerprint density at radius 2 is 1.76 bits per heavy atom. The maximum Gasteiger partial charge on any atom is 0.407 e. The Labute approximate surface area is 226 Å². The quantitative estimate of drug-likeness (QED) is 0.170. The van der Waals surface area contributed by atoms with E-state index < -0.39 is 33.2 Å². The van der Waals surface area contributed by atoms with Crippen molar-refractivity contribution in [2.75, 3.05) is 26.4 Å². The highest BCUT2D eigenvalue weighted by Crippen LogP contribution is 2.50. The smallest absolute Gasteiger partial charge is 0.407 e. The van der Waals surface area contributed by atoms with E-state index in [-0.39, 0.29) is 61.1 Å². The van der Waals surface area contributed by atoms with Gasteiger partial charge in [0.25, 0.3) is 0 Å². The second-order valence-corrected chi connectivity index (χ2v) is 13.2. The van der Waals surface area contributed by atoms with Crippen molar-refractivity contribution in [3.8, 4) is 0 Å². The molecule has 212 valence electrons. The summed E-state index contributed by atoms with van der Waals surface area (Å²) >= 11 is 0. The monoisotopic (exact) mass is 551 g/mol. The molecule has 4 atom stereocenters. The largest absolute Gasteiger partial charge is 0.477 e. The molecule has 0 radical (unpaired) electrons. The second-order valence-electron chi connectivity index (χ2n) is 10.8. The van der Waals surface area contributed by atoms with Crippen molar-refractivity contribution in [2.45, 2.75) is 58.8 Å². The van der Waals surface area contributed by atoms with Crippen molar-refractivity contribution in [2.24, 2.45) is 17.3 Å². The Morgan fingerprint density at radius 3 is 2.29 bits per heavy atom. The van der Waals surface area contributed by atoms with Gasteiger partial charge in [-0.05, 0) is 42.8 Å². The third kappa shape index (κ3) is 7.94. The number of fused-ring (bicyclic) bond motifs is 1. The molecule has 2 aliphatic rings. The van der Waals surface area contributed by atoms with E-state index in [1.165, 1.54) is 17.1 Å².